The number of nitrogens with zero attached hydrogens (tertiary/aromatic N) is 1. The lowest BCUT2D eigenvalue weighted by Crippen LogP contribution is -2.53. The number of halogens is 2. The average molecular weight is 593 g/mol. The van der Waals surface area contributed by atoms with Crippen LogP contribution in [0, 0.1) is 18.8 Å². The Morgan fingerprint density at radius 1 is 1.22 bits per heavy atom. The second-order valence-electron chi connectivity index (χ2n) is 9.55. The number of likely N-dealkylation sites (tertiary alicyclic amines) is 1. The maximum atomic E-state index is 14.2. The van der Waals surface area contributed by atoms with E-state index in [4.69, 9.17) is 11.6 Å². The van der Waals surface area contributed by atoms with E-state index < -0.39 is 28.7 Å². The van der Waals surface area contributed by atoms with E-state index in [1.807, 2.05) is 49.4 Å². The van der Waals surface area contributed by atoms with Crippen molar-refractivity contribution in [1.82, 2.24) is 10.2 Å². The number of amides is 3. The van der Waals surface area contributed by atoms with Gasteiger partial charge in [0.1, 0.15) is 6.04 Å². The van der Waals surface area contributed by atoms with Gasteiger partial charge in [-0.1, -0.05) is 70.0 Å². The number of anilines is 1. The van der Waals surface area contributed by atoms with E-state index in [2.05, 4.69) is 26.6 Å². The highest BCUT2D eigenvalue weighted by Gasteiger charge is 2.76. The molecule has 1 spiro atoms. The molecule has 2 bridgehead atoms. The molecule has 0 radical (unpaired) electrons. The molecule has 2 aromatic carbocycles. The number of nitrogens with one attached hydrogen (secondary N) is 2. The van der Waals surface area contributed by atoms with Crippen molar-refractivity contribution in [2.24, 2.45) is 11.8 Å². The topological polar surface area (TPSA) is 98.7 Å². The van der Waals surface area contributed by atoms with Gasteiger partial charge in [0, 0.05) is 17.1 Å². The summed E-state index contributed by atoms with van der Waals surface area (Å²) in [6, 6.07) is 12.9. The smallest absolute Gasteiger partial charge is 0.248 e. The highest BCUT2D eigenvalue weighted by atomic mass is 79.9. The van der Waals surface area contributed by atoms with Crippen LogP contribution in [0.5, 0.6) is 0 Å². The normalized spacial score (nSPS) is 31.3. The van der Waals surface area contributed by atoms with Crippen LogP contribution < -0.4 is 10.6 Å². The van der Waals surface area contributed by atoms with Crippen LogP contribution in [0.1, 0.15) is 23.6 Å². The molecule has 0 aliphatic carbocycles. The van der Waals surface area contributed by atoms with Crippen LogP contribution in [0.15, 0.2) is 48.5 Å². The van der Waals surface area contributed by atoms with Crippen molar-refractivity contribution < 1.29 is 19.5 Å². The molecule has 3 aliphatic rings. The molecule has 2 aromatic rings. The van der Waals surface area contributed by atoms with Gasteiger partial charge in [0.15, 0.2) is 0 Å². The number of fused-ring (bicyclic) bond motifs is 1. The zero-order valence-corrected chi connectivity index (χ0v) is 22.9. The molecule has 10 heteroatoms. The molecule has 7 nitrogen and oxygen atoms in total. The molecule has 3 fully saturated rings. The van der Waals surface area contributed by atoms with Gasteiger partial charge in [-0.3, -0.25) is 14.4 Å². The minimum atomic E-state index is -0.910. The van der Waals surface area contributed by atoms with Crippen LogP contribution in [0.25, 0.3) is 0 Å². The summed E-state index contributed by atoms with van der Waals surface area (Å²) in [7, 11) is 1.57. The lowest BCUT2D eigenvalue weighted by atomic mass is 9.70. The molecule has 0 aromatic heterocycles. The van der Waals surface area contributed by atoms with E-state index in [0.29, 0.717) is 17.1 Å². The molecule has 3 unspecified atom stereocenters. The van der Waals surface area contributed by atoms with Crippen LogP contribution in [-0.4, -0.2) is 62.2 Å². The summed E-state index contributed by atoms with van der Waals surface area (Å²) in [5, 5.41) is 16.5. The molecule has 3 amide bonds. The molecule has 5 rings (SSSR count). The van der Waals surface area contributed by atoms with Crippen molar-refractivity contribution in [2.45, 2.75) is 40.3 Å². The van der Waals surface area contributed by atoms with Gasteiger partial charge in [-0.05, 0) is 30.5 Å². The number of carbonyl (C=O) groups excluding carboxylic acids is 3. The van der Waals surface area contributed by atoms with E-state index in [9.17, 15) is 19.5 Å². The monoisotopic (exact) mass is 591 g/mol. The first-order valence-electron chi connectivity index (χ1n) is 11.8. The fourth-order valence-corrected chi connectivity index (χ4v) is 10.0. The zero-order valence-electron chi connectivity index (χ0n) is 19.8. The third kappa shape index (κ3) is 3.78. The van der Waals surface area contributed by atoms with Crippen LogP contribution >= 0.6 is 39.3 Å². The Morgan fingerprint density at radius 2 is 1.94 bits per heavy atom. The number of alkyl halides is 1. The molecule has 3 saturated heterocycles. The minimum Gasteiger partial charge on any atom is -0.394 e. The highest BCUT2D eigenvalue weighted by molar-refractivity contribution is 9.09. The number of benzene rings is 2. The Kier molecular flexibility index (Phi) is 6.87. The number of hydrogen-bond donors (Lipinski definition) is 3. The van der Waals surface area contributed by atoms with Crippen molar-refractivity contribution >= 4 is 62.7 Å². The van der Waals surface area contributed by atoms with Gasteiger partial charge < -0.3 is 20.6 Å². The van der Waals surface area contributed by atoms with Gasteiger partial charge in [-0.2, -0.15) is 0 Å². The van der Waals surface area contributed by atoms with Crippen molar-refractivity contribution in [1.29, 1.82) is 0 Å². The van der Waals surface area contributed by atoms with Gasteiger partial charge in [-0.25, -0.2) is 0 Å². The quantitative estimate of drug-likeness (QED) is 0.446. The first kappa shape index (κ1) is 25.6. The fourth-order valence-electron chi connectivity index (χ4n) is 6.18. The van der Waals surface area contributed by atoms with E-state index in [1.54, 1.807) is 24.9 Å². The molecule has 3 aliphatic heterocycles. The van der Waals surface area contributed by atoms with E-state index in [-0.39, 0.29) is 34.4 Å². The first-order valence-corrected chi connectivity index (χ1v) is 14.0. The summed E-state index contributed by atoms with van der Waals surface area (Å²) in [5.74, 6) is -2.12. The Bertz CT molecular complexity index is 1200. The van der Waals surface area contributed by atoms with Crippen molar-refractivity contribution in [3.8, 4) is 0 Å². The molecular formula is C26H27BrClN3O4S. The van der Waals surface area contributed by atoms with E-state index in [1.165, 1.54) is 4.90 Å². The standard InChI is InChI=1S/C26H27BrClN3O4S/c1-13-7-6-10-16(28)20(13)30-24(34)22-26-11-15(27)21(36-26)18(23(33)29-2)19(26)25(35)31(22)17(12-32)14-8-4-3-5-9-14/h3-10,15,17-19,21-22,32H,11-12H2,1-2H3,(H,29,33)(H,30,34)/t15?,17-,18+,19+,21+,22?,26?/m1/s1. The predicted molar refractivity (Wildman–Crippen MR) is 144 cm³/mol. The Labute approximate surface area is 227 Å². The van der Waals surface area contributed by atoms with Crippen molar-refractivity contribution in [2.75, 3.05) is 19.0 Å². The highest BCUT2D eigenvalue weighted by Crippen LogP contribution is 2.68. The van der Waals surface area contributed by atoms with Gasteiger partial charge in [-0.15, -0.1) is 11.8 Å². The Hall–Kier alpha value is -2.07. The van der Waals surface area contributed by atoms with E-state index >= 15 is 0 Å². The molecule has 3 heterocycles. The maximum absolute atomic E-state index is 14.2. The minimum absolute atomic E-state index is 0.0320. The maximum Gasteiger partial charge on any atom is 0.248 e. The van der Waals surface area contributed by atoms with Crippen LogP contribution in [0.4, 0.5) is 5.69 Å². The summed E-state index contributed by atoms with van der Waals surface area (Å²) in [5.41, 5.74) is 2.02. The van der Waals surface area contributed by atoms with Gasteiger partial charge in [0.05, 0.1) is 39.9 Å². The number of hydrogen-bond acceptors (Lipinski definition) is 5. The largest absolute Gasteiger partial charge is 0.394 e. The first-order chi connectivity index (χ1) is 17.2. The van der Waals surface area contributed by atoms with Crippen molar-refractivity contribution in [3.05, 3.63) is 64.7 Å². The number of aryl methyl sites for hydroxylation is 1. The zero-order chi connectivity index (χ0) is 25.8. The number of thioether (sulfide) groups is 1. The van der Waals surface area contributed by atoms with Gasteiger partial charge in [0.25, 0.3) is 0 Å². The Balaban J connectivity index is 1.63. The average Bonchev–Trinajstić information content (AvgIpc) is 3.46. The lowest BCUT2D eigenvalue weighted by Gasteiger charge is -2.37. The molecule has 3 N–H and O–H groups in total. The number of para-hydroxylation sites is 1. The molecule has 0 saturated carbocycles. The number of rotatable bonds is 6. The fraction of sp³-hybridized carbons (Fsp3) is 0.423. The number of carbonyl (C=O) groups is 3. The number of aliphatic hydroxyl groups is 1. The number of aliphatic hydroxyl groups excluding tert-OH is 1. The third-order valence-corrected chi connectivity index (χ3v) is 11.2. The predicted octanol–water partition coefficient (Wildman–Crippen LogP) is 3.53. The SMILES string of the molecule is CNC(=O)[C@H]1[C@H]2C(=O)N([C@H](CO)c3ccccc3)C(C(=O)Nc3c(C)cccc3Cl)C23CC(Br)[C@@H]1S3. The summed E-state index contributed by atoms with van der Waals surface area (Å²) < 4.78 is -0.825. The van der Waals surface area contributed by atoms with Crippen LogP contribution in [-0.2, 0) is 14.4 Å². The molecule has 36 heavy (non-hydrogen) atoms. The van der Waals surface area contributed by atoms with Gasteiger partial charge in [0.2, 0.25) is 17.7 Å². The summed E-state index contributed by atoms with van der Waals surface area (Å²) >= 11 is 11.7. The second kappa shape index (κ2) is 9.67. The second-order valence-corrected chi connectivity index (χ2v) is 12.7. The molecule has 7 atom stereocenters. The summed E-state index contributed by atoms with van der Waals surface area (Å²) in [4.78, 5) is 42.8. The Morgan fingerprint density at radius 3 is 2.58 bits per heavy atom. The van der Waals surface area contributed by atoms with Crippen molar-refractivity contribution in [3.63, 3.8) is 0 Å². The van der Waals surface area contributed by atoms with Crippen LogP contribution in [0.2, 0.25) is 5.02 Å². The molecular weight excluding hydrogens is 566 g/mol. The third-order valence-electron chi connectivity index (χ3n) is 7.69. The van der Waals surface area contributed by atoms with Gasteiger partial charge >= 0.3 is 0 Å². The van der Waals surface area contributed by atoms with E-state index in [0.717, 1.165) is 11.1 Å². The molecule has 190 valence electrons. The van der Waals surface area contributed by atoms with Crippen LogP contribution in [0.3, 0.4) is 0 Å². The lowest BCUT2D eigenvalue weighted by molar-refractivity contribution is -0.142. The summed E-state index contributed by atoms with van der Waals surface area (Å²) in [6.07, 6.45) is 0.551. The summed E-state index contributed by atoms with van der Waals surface area (Å²) in [6.45, 7) is 1.50.